The molecule has 0 bridgehead atoms. The fourth-order valence-electron chi connectivity index (χ4n) is 2.21. The van der Waals surface area contributed by atoms with Gasteiger partial charge in [0.05, 0.1) is 0 Å². The molecule has 0 aliphatic rings. The van der Waals surface area contributed by atoms with Crippen molar-refractivity contribution in [2.24, 2.45) is 5.92 Å². The van der Waals surface area contributed by atoms with Gasteiger partial charge in [-0.15, -0.1) is 10.2 Å². The van der Waals surface area contributed by atoms with Crippen molar-refractivity contribution >= 4 is 34.9 Å². The zero-order valence-corrected chi connectivity index (χ0v) is 15.2. The van der Waals surface area contributed by atoms with Gasteiger partial charge in [-0.3, -0.25) is 0 Å². The summed E-state index contributed by atoms with van der Waals surface area (Å²) < 4.78 is 2.08. The van der Waals surface area contributed by atoms with Crippen molar-refractivity contribution < 1.29 is 0 Å². The highest BCUT2D eigenvalue weighted by Gasteiger charge is 2.27. The average molecular weight is 340 g/mol. The molecular weight excluding hydrogens is 318 g/mol. The van der Waals surface area contributed by atoms with Gasteiger partial charge in [-0.25, -0.2) is 0 Å². The lowest BCUT2D eigenvalue weighted by molar-refractivity contribution is 0.472. The van der Waals surface area contributed by atoms with E-state index in [0.717, 1.165) is 8.68 Å². The normalized spacial score (nSPS) is 14.3. The Morgan fingerprint density at radius 3 is 2.29 bits per heavy atom. The summed E-state index contributed by atoms with van der Waals surface area (Å²) in [4.78, 5) is 0. The molecule has 3 nitrogen and oxygen atoms in total. The van der Waals surface area contributed by atoms with Crippen molar-refractivity contribution in [3.05, 3.63) is 35.9 Å². The summed E-state index contributed by atoms with van der Waals surface area (Å²) in [6.07, 6.45) is 2.04. The van der Waals surface area contributed by atoms with E-state index in [4.69, 9.17) is 0 Å². The Kier molecular flexibility index (Phi) is 6.54. The molecule has 0 amide bonds. The molecule has 0 aliphatic heterocycles. The maximum atomic E-state index is 4.30. The zero-order chi connectivity index (χ0) is 15.2. The molecular formula is C15H21N3S3. The molecule has 0 aliphatic carbocycles. The minimum absolute atomic E-state index is 0.304. The average Bonchev–Trinajstić information content (AvgIpc) is 2.96. The lowest BCUT2D eigenvalue weighted by atomic mass is 9.96. The highest BCUT2D eigenvalue weighted by molar-refractivity contribution is 8.03. The van der Waals surface area contributed by atoms with Crippen molar-refractivity contribution in [2.75, 3.05) is 13.3 Å². The minimum atomic E-state index is 0.304. The fourth-order valence-corrected chi connectivity index (χ4v) is 5.16. The SMILES string of the molecule is CNC(c1ccccc1)C(Sc1nnc(SC)s1)C(C)C. The molecule has 21 heavy (non-hydrogen) atoms. The molecule has 0 saturated heterocycles. The molecule has 1 aromatic carbocycles. The smallest absolute Gasteiger partial charge is 0.175 e. The van der Waals surface area contributed by atoms with Gasteiger partial charge in [-0.2, -0.15) is 0 Å². The van der Waals surface area contributed by atoms with Gasteiger partial charge in [0.15, 0.2) is 8.68 Å². The van der Waals surface area contributed by atoms with Crippen molar-refractivity contribution in [1.29, 1.82) is 0 Å². The first kappa shape index (κ1) is 16.8. The Balaban J connectivity index is 2.20. The largest absolute Gasteiger partial charge is 0.312 e. The van der Waals surface area contributed by atoms with E-state index in [-0.39, 0.29) is 0 Å². The number of thioether (sulfide) groups is 2. The molecule has 0 spiro atoms. The summed E-state index contributed by atoms with van der Waals surface area (Å²) in [7, 11) is 2.03. The van der Waals surface area contributed by atoms with Crippen LogP contribution in [0, 0.1) is 5.92 Å². The summed E-state index contributed by atoms with van der Waals surface area (Å²) in [6.45, 7) is 4.53. The third-order valence-corrected chi connectivity index (χ3v) is 6.86. The third kappa shape index (κ3) is 4.45. The van der Waals surface area contributed by atoms with Crippen molar-refractivity contribution in [2.45, 2.75) is 33.8 Å². The molecule has 0 fully saturated rings. The van der Waals surface area contributed by atoms with E-state index < -0.39 is 0 Å². The van der Waals surface area contributed by atoms with Crippen LogP contribution in [0.5, 0.6) is 0 Å². The summed E-state index contributed by atoms with van der Waals surface area (Å²) in [6, 6.07) is 10.9. The molecule has 1 heterocycles. The van der Waals surface area contributed by atoms with Crippen LogP contribution in [0.1, 0.15) is 25.5 Å². The van der Waals surface area contributed by atoms with E-state index in [2.05, 4.69) is 59.7 Å². The van der Waals surface area contributed by atoms with Gasteiger partial charge in [-0.05, 0) is 24.8 Å². The monoisotopic (exact) mass is 339 g/mol. The first-order chi connectivity index (χ1) is 10.2. The van der Waals surface area contributed by atoms with Gasteiger partial charge >= 0.3 is 0 Å². The lowest BCUT2D eigenvalue weighted by Gasteiger charge is -2.29. The van der Waals surface area contributed by atoms with E-state index in [1.807, 2.05) is 25.1 Å². The molecule has 2 atom stereocenters. The topological polar surface area (TPSA) is 37.8 Å². The van der Waals surface area contributed by atoms with Crippen molar-refractivity contribution in [3.63, 3.8) is 0 Å². The lowest BCUT2D eigenvalue weighted by Crippen LogP contribution is -2.31. The van der Waals surface area contributed by atoms with E-state index in [9.17, 15) is 0 Å². The molecule has 0 saturated carbocycles. The molecule has 1 N–H and O–H groups in total. The maximum absolute atomic E-state index is 4.30. The molecule has 2 unspecified atom stereocenters. The van der Waals surface area contributed by atoms with Gasteiger partial charge in [0, 0.05) is 11.3 Å². The first-order valence-electron chi connectivity index (χ1n) is 6.92. The number of benzene rings is 1. The standard InChI is InChI=1S/C15H21N3S3/c1-10(2)13(20-15-18-17-14(19-4)21-15)12(16-3)11-8-6-5-7-9-11/h5-10,12-13,16H,1-4H3. The van der Waals surface area contributed by atoms with Crippen LogP contribution in [0.3, 0.4) is 0 Å². The van der Waals surface area contributed by atoms with Crippen LogP contribution in [0.4, 0.5) is 0 Å². The Hall–Kier alpha value is -0.560. The van der Waals surface area contributed by atoms with E-state index in [0.29, 0.717) is 17.2 Å². The zero-order valence-electron chi connectivity index (χ0n) is 12.7. The summed E-state index contributed by atoms with van der Waals surface area (Å²) in [5.74, 6) is 0.536. The molecule has 0 radical (unpaired) electrons. The number of nitrogens with one attached hydrogen (secondary N) is 1. The van der Waals surface area contributed by atoms with Crippen LogP contribution in [-0.2, 0) is 0 Å². The molecule has 1 aromatic heterocycles. The van der Waals surface area contributed by atoms with Gasteiger partial charge in [-0.1, -0.05) is 79.0 Å². The Morgan fingerprint density at radius 2 is 1.76 bits per heavy atom. The highest BCUT2D eigenvalue weighted by atomic mass is 32.2. The van der Waals surface area contributed by atoms with Gasteiger partial charge in [0.1, 0.15) is 0 Å². The van der Waals surface area contributed by atoms with Crippen LogP contribution >= 0.6 is 34.9 Å². The predicted octanol–water partition coefficient (Wildman–Crippen LogP) is 4.34. The van der Waals surface area contributed by atoms with Gasteiger partial charge in [0.25, 0.3) is 0 Å². The third-order valence-electron chi connectivity index (χ3n) is 3.25. The van der Waals surface area contributed by atoms with E-state index in [1.165, 1.54) is 5.56 Å². The van der Waals surface area contributed by atoms with Crippen molar-refractivity contribution in [3.8, 4) is 0 Å². The number of rotatable bonds is 7. The number of hydrogen-bond donors (Lipinski definition) is 1. The highest BCUT2D eigenvalue weighted by Crippen LogP contribution is 2.38. The molecule has 6 heteroatoms. The Morgan fingerprint density at radius 1 is 1.10 bits per heavy atom. The second-order valence-electron chi connectivity index (χ2n) is 5.04. The molecule has 114 valence electrons. The van der Waals surface area contributed by atoms with E-state index in [1.54, 1.807) is 23.1 Å². The minimum Gasteiger partial charge on any atom is -0.312 e. The van der Waals surface area contributed by atoms with Gasteiger partial charge < -0.3 is 5.32 Å². The number of hydrogen-bond acceptors (Lipinski definition) is 6. The van der Waals surface area contributed by atoms with Crippen LogP contribution in [0.25, 0.3) is 0 Å². The quantitative estimate of drug-likeness (QED) is 0.760. The maximum Gasteiger partial charge on any atom is 0.175 e. The van der Waals surface area contributed by atoms with Crippen molar-refractivity contribution in [1.82, 2.24) is 15.5 Å². The Bertz CT molecular complexity index is 542. The van der Waals surface area contributed by atoms with E-state index >= 15 is 0 Å². The molecule has 2 rings (SSSR count). The second kappa shape index (κ2) is 8.17. The van der Waals surface area contributed by atoms with Crippen LogP contribution in [-0.4, -0.2) is 28.8 Å². The second-order valence-corrected chi connectivity index (χ2v) is 8.50. The fraction of sp³-hybridized carbons (Fsp3) is 0.467. The molecule has 2 aromatic rings. The number of nitrogens with zero attached hydrogens (tertiary/aromatic N) is 2. The van der Waals surface area contributed by atoms with Crippen LogP contribution < -0.4 is 5.32 Å². The summed E-state index contributed by atoms with van der Waals surface area (Å²) >= 11 is 5.16. The Labute approximate surface area is 139 Å². The summed E-state index contributed by atoms with van der Waals surface area (Å²) in [5.41, 5.74) is 1.32. The first-order valence-corrected chi connectivity index (χ1v) is 9.84. The summed E-state index contributed by atoms with van der Waals surface area (Å²) in [5, 5.41) is 12.4. The van der Waals surface area contributed by atoms with Gasteiger partial charge in [0.2, 0.25) is 0 Å². The van der Waals surface area contributed by atoms with Crippen LogP contribution in [0.2, 0.25) is 0 Å². The number of aromatic nitrogens is 2. The van der Waals surface area contributed by atoms with Crippen LogP contribution in [0.15, 0.2) is 39.0 Å². The predicted molar refractivity (Wildman–Crippen MR) is 94.4 cm³/mol.